The minimum Gasteiger partial charge on any atom is -0.342 e. The predicted octanol–water partition coefficient (Wildman–Crippen LogP) is 1.40. The maximum absolute atomic E-state index is 12.5. The third-order valence-corrected chi connectivity index (χ3v) is 3.82. The van der Waals surface area contributed by atoms with E-state index in [4.69, 9.17) is 0 Å². The number of carbonyl (C=O) groups excluding carboxylic acids is 1. The van der Waals surface area contributed by atoms with Crippen molar-refractivity contribution in [2.75, 3.05) is 26.2 Å². The molecule has 2 aliphatic heterocycles. The fourth-order valence-electron chi connectivity index (χ4n) is 2.59. The van der Waals surface area contributed by atoms with Crippen molar-refractivity contribution in [3.63, 3.8) is 0 Å². The number of hydrogen-bond donors (Lipinski definition) is 1. The van der Waals surface area contributed by atoms with Crippen LogP contribution in [0, 0.1) is 11.3 Å². The third-order valence-electron chi connectivity index (χ3n) is 3.82. The van der Waals surface area contributed by atoms with Gasteiger partial charge in [-0.2, -0.15) is 13.2 Å². The van der Waals surface area contributed by atoms with E-state index in [2.05, 4.69) is 5.32 Å². The van der Waals surface area contributed by atoms with Gasteiger partial charge in [-0.25, -0.2) is 0 Å². The summed E-state index contributed by atoms with van der Waals surface area (Å²) in [7, 11) is 0. The highest BCUT2D eigenvalue weighted by Gasteiger charge is 2.47. The van der Waals surface area contributed by atoms with Crippen LogP contribution < -0.4 is 5.32 Å². The molecule has 0 saturated carbocycles. The van der Waals surface area contributed by atoms with Gasteiger partial charge in [-0.05, 0) is 26.3 Å². The third kappa shape index (κ3) is 2.41. The summed E-state index contributed by atoms with van der Waals surface area (Å²) in [6.07, 6.45) is -3.43. The highest BCUT2D eigenvalue weighted by Crippen LogP contribution is 2.36. The van der Waals surface area contributed by atoms with Gasteiger partial charge >= 0.3 is 6.18 Å². The molecule has 1 N–H and O–H groups in total. The number of nitrogens with one attached hydrogen (secondary N) is 1. The molecule has 2 atom stereocenters. The molecule has 17 heavy (non-hydrogen) atoms. The molecule has 0 spiro atoms. The normalized spacial score (nSPS) is 34.4. The van der Waals surface area contributed by atoms with Crippen LogP contribution in [0.5, 0.6) is 0 Å². The zero-order chi connectivity index (χ0) is 12.7. The van der Waals surface area contributed by atoms with Crippen LogP contribution in [0.4, 0.5) is 13.2 Å². The van der Waals surface area contributed by atoms with Crippen LogP contribution in [0.3, 0.4) is 0 Å². The average Bonchev–Trinajstić information content (AvgIpc) is 2.84. The minimum atomic E-state index is -4.18. The van der Waals surface area contributed by atoms with Crippen molar-refractivity contribution in [3.05, 3.63) is 0 Å². The van der Waals surface area contributed by atoms with Crippen LogP contribution in [0.1, 0.15) is 19.8 Å². The molecule has 0 aromatic heterocycles. The molecular weight excluding hydrogens is 233 g/mol. The summed E-state index contributed by atoms with van der Waals surface area (Å²) < 4.78 is 37.6. The van der Waals surface area contributed by atoms with E-state index in [1.54, 1.807) is 0 Å². The zero-order valence-corrected chi connectivity index (χ0v) is 9.81. The van der Waals surface area contributed by atoms with Crippen LogP contribution in [0.2, 0.25) is 0 Å². The van der Waals surface area contributed by atoms with Crippen LogP contribution in [0.25, 0.3) is 0 Å². The van der Waals surface area contributed by atoms with E-state index in [1.807, 2.05) is 6.92 Å². The van der Waals surface area contributed by atoms with Gasteiger partial charge in [0.05, 0.1) is 11.3 Å². The van der Waals surface area contributed by atoms with Gasteiger partial charge in [0.1, 0.15) is 0 Å². The lowest BCUT2D eigenvalue weighted by molar-refractivity contribution is -0.171. The van der Waals surface area contributed by atoms with Crippen molar-refractivity contribution in [3.8, 4) is 0 Å². The second-order valence-corrected chi connectivity index (χ2v) is 5.27. The highest BCUT2D eigenvalue weighted by atomic mass is 19.4. The Balaban J connectivity index is 1.99. The highest BCUT2D eigenvalue weighted by molar-refractivity contribution is 5.83. The van der Waals surface area contributed by atoms with Gasteiger partial charge in [-0.15, -0.1) is 0 Å². The van der Waals surface area contributed by atoms with Crippen molar-refractivity contribution in [2.45, 2.75) is 25.9 Å². The maximum atomic E-state index is 12.5. The van der Waals surface area contributed by atoms with E-state index in [0.717, 1.165) is 6.54 Å². The Bertz CT molecular complexity index is 310. The van der Waals surface area contributed by atoms with Crippen molar-refractivity contribution in [2.24, 2.45) is 11.3 Å². The van der Waals surface area contributed by atoms with Gasteiger partial charge < -0.3 is 10.2 Å². The lowest BCUT2D eigenvalue weighted by Gasteiger charge is -2.28. The first-order chi connectivity index (χ1) is 7.83. The van der Waals surface area contributed by atoms with Gasteiger partial charge in [0.15, 0.2) is 0 Å². The molecule has 0 bridgehead atoms. The van der Waals surface area contributed by atoms with Gasteiger partial charge in [0, 0.05) is 19.6 Å². The van der Waals surface area contributed by atoms with E-state index in [9.17, 15) is 18.0 Å². The minimum absolute atomic E-state index is 0.0404. The van der Waals surface area contributed by atoms with E-state index < -0.39 is 17.5 Å². The molecule has 0 aromatic carbocycles. The predicted molar refractivity (Wildman–Crippen MR) is 56.3 cm³/mol. The molecule has 2 unspecified atom stereocenters. The first-order valence-corrected chi connectivity index (χ1v) is 5.90. The van der Waals surface area contributed by atoms with Crippen LogP contribution in [0.15, 0.2) is 0 Å². The number of nitrogens with zero attached hydrogens (tertiary/aromatic N) is 1. The lowest BCUT2D eigenvalue weighted by atomic mass is 9.88. The Hall–Kier alpha value is -0.780. The Morgan fingerprint density at radius 1 is 1.47 bits per heavy atom. The van der Waals surface area contributed by atoms with Crippen molar-refractivity contribution >= 4 is 5.91 Å². The summed E-state index contributed by atoms with van der Waals surface area (Å²) in [6, 6.07) is 0. The first-order valence-electron chi connectivity index (χ1n) is 5.90. The number of halogens is 3. The summed E-state index contributed by atoms with van der Waals surface area (Å²) in [6.45, 7) is 3.23. The number of hydrogen-bond acceptors (Lipinski definition) is 2. The van der Waals surface area contributed by atoms with Crippen LogP contribution in [-0.4, -0.2) is 43.2 Å². The topological polar surface area (TPSA) is 32.3 Å². The molecule has 0 radical (unpaired) electrons. The van der Waals surface area contributed by atoms with Crippen LogP contribution in [-0.2, 0) is 4.79 Å². The van der Waals surface area contributed by atoms with Gasteiger partial charge in [0.2, 0.25) is 5.91 Å². The Morgan fingerprint density at radius 2 is 2.18 bits per heavy atom. The molecule has 3 nitrogen and oxygen atoms in total. The number of likely N-dealkylation sites (tertiary alicyclic amines) is 1. The summed E-state index contributed by atoms with van der Waals surface area (Å²) in [5, 5.41) is 3.09. The maximum Gasteiger partial charge on any atom is 0.393 e. The summed E-state index contributed by atoms with van der Waals surface area (Å²) in [5.41, 5.74) is -0.513. The molecule has 2 aliphatic rings. The largest absolute Gasteiger partial charge is 0.393 e. The molecule has 6 heteroatoms. The SMILES string of the molecule is CC1(C(=O)N2CCC(C(F)(F)F)C2)CCNC1. The molecule has 1 amide bonds. The summed E-state index contributed by atoms with van der Waals surface area (Å²) in [4.78, 5) is 13.5. The van der Waals surface area contributed by atoms with E-state index in [-0.39, 0.29) is 25.4 Å². The van der Waals surface area contributed by atoms with Crippen LogP contribution >= 0.6 is 0 Å². The monoisotopic (exact) mass is 250 g/mol. The average molecular weight is 250 g/mol. The first kappa shape index (κ1) is 12.7. The molecule has 2 rings (SSSR count). The summed E-state index contributed by atoms with van der Waals surface area (Å²) in [5.74, 6) is -1.47. The number of rotatable bonds is 1. The lowest BCUT2D eigenvalue weighted by Crippen LogP contribution is -2.43. The quantitative estimate of drug-likeness (QED) is 0.763. The molecule has 98 valence electrons. The fraction of sp³-hybridized carbons (Fsp3) is 0.909. The second kappa shape index (κ2) is 4.15. The second-order valence-electron chi connectivity index (χ2n) is 5.27. The molecular formula is C11H17F3N2O. The molecule has 0 aliphatic carbocycles. The van der Waals surface area contributed by atoms with Crippen molar-refractivity contribution in [1.29, 1.82) is 0 Å². The molecule has 0 aromatic rings. The van der Waals surface area contributed by atoms with Gasteiger partial charge in [-0.3, -0.25) is 4.79 Å². The Morgan fingerprint density at radius 3 is 2.65 bits per heavy atom. The number of alkyl halides is 3. The van der Waals surface area contributed by atoms with Crippen molar-refractivity contribution < 1.29 is 18.0 Å². The Labute approximate surface area is 98.3 Å². The van der Waals surface area contributed by atoms with Crippen molar-refractivity contribution in [1.82, 2.24) is 10.2 Å². The smallest absolute Gasteiger partial charge is 0.342 e. The van der Waals surface area contributed by atoms with E-state index in [1.165, 1.54) is 4.90 Å². The summed E-state index contributed by atoms with van der Waals surface area (Å²) >= 11 is 0. The zero-order valence-electron chi connectivity index (χ0n) is 9.81. The standard InChI is InChI=1S/C11H17F3N2O/c1-10(3-4-15-7-10)9(17)16-5-2-8(6-16)11(12,13)14/h8,15H,2-7H2,1H3. The molecule has 2 heterocycles. The van der Waals surface area contributed by atoms with Gasteiger partial charge in [-0.1, -0.05) is 0 Å². The van der Waals surface area contributed by atoms with E-state index >= 15 is 0 Å². The number of amides is 1. The van der Waals surface area contributed by atoms with E-state index in [0.29, 0.717) is 13.0 Å². The van der Waals surface area contributed by atoms with Gasteiger partial charge in [0.25, 0.3) is 0 Å². The fourth-order valence-corrected chi connectivity index (χ4v) is 2.59. The number of carbonyl (C=O) groups is 1. The molecule has 2 fully saturated rings. The Kier molecular flexibility index (Phi) is 3.10. The molecule has 2 saturated heterocycles.